The standard InChI is InChI=1S/C14H26N2O5S/c1-11(2)10-12(14(18)19)15-13(17)6-5-9-22(20,21)16-7-3-4-8-16/h11-12H,3-10H2,1-2H3,(H,15,17)(H,18,19). The van der Waals surface area contributed by atoms with Crippen LogP contribution in [0.25, 0.3) is 0 Å². The van der Waals surface area contributed by atoms with E-state index in [0.717, 1.165) is 12.8 Å². The van der Waals surface area contributed by atoms with Crippen molar-refractivity contribution in [3.8, 4) is 0 Å². The summed E-state index contributed by atoms with van der Waals surface area (Å²) < 4.78 is 25.4. The molecular formula is C14H26N2O5S. The zero-order valence-corrected chi connectivity index (χ0v) is 14.1. The van der Waals surface area contributed by atoms with E-state index in [2.05, 4.69) is 5.32 Å². The summed E-state index contributed by atoms with van der Waals surface area (Å²) in [6, 6.07) is -0.914. The van der Waals surface area contributed by atoms with Crippen molar-refractivity contribution >= 4 is 21.9 Å². The lowest BCUT2D eigenvalue weighted by atomic mass is 10.0. The fraction of sp³-hybridized carbons (Fsp3) is 0.857. The minimum absolute atomic E-state index is 0.0228. The predicted octanol–water partition coefficient (Wildman–Crippen LogP) is 0.808. The van der Waals surface area contributed by atoms with Gasteiger partial charge in [-0.3, -0.25) is 4.79 Å². The van der Waals surface area contributed by atoms with Gasteiger partial charge >= 0.3 is 5.97 Å². The van der Waals surface area contributed by atoms with Crippen molar-refractivity contribution in [2.24, 2.45) is 5.92 Å². The Labute approximate surface area is 132 Å². The van der Waals surface area contributed by atoms with E-state index in [0.29, 0.717) is 19.5 Å². The highest BCUT2D eigenvalue weighted by atomic mass is 32.2. The second-order valence-corrected chi connectivity index (χ2v) is 8.20. The van der Waals surface area contributed by atoms with Crippen LogP contribution >= 0.6 is 0 Å². The third-order valence-electron chi connectivity index (χ3n) is 3.60. The van der Waals surface area contributed by atoms with Crippen LogP contribution < -0.4 is 5.32 Å². The molecule has 0 aliphatic carbocycles. The Morgan fingerprint density at radius 3 is 2.32 bits per heavy atom. The highest BCUT2D eigenvalue weighted by Gasteiger charge is 2.25. The van der Waals surface area contributed by atoms with Crippen LogP contribution in [0.1, 0.15) is 46.0 Å². The van der Waals surface area contributed by atoms with Gasteiger partial charge in [-0.25, -0.2) is 17.5 Å². The molecule has 1 fully saturated rings. The Balaban J connectivity index is 2.37. The van der Waals surface area contributed by atoms with Gasteiger partial charge in [0.2, 0.25) is 15.9 Å². The van der Waals surface area contributed by atoms with Crippen LogP contribution in [-0.4, -0.2) is 54.6 Å². The zero-order valence-electron chi connectivity index (χ0n) is 13.2. The second kappa shape index (κ2) is 8.47. The molecule has 0 saturated carbocycles. The van der Waals surface area contributed by atoms with Crippen LogP contribution in [0.15, 0.2) is 0 Å². The average molecular weight is 334 g/mol. The van der Waals surface area contributed by atoms with Crippen molar-refractivity contribution in [3.05, 3.63) is 0 Å². The van der Waals surface area contributed by atoms with Gasteiger partial charge in [0, 0.05) is 19.5 Å². The van der Waals surface area contributed by atoms with Crippen molar-refractivity contribution in [2.45, 2.75) is 52.0 Å². The average Bonchev–Trinajstić information content (AvgIpc) is 2.91. The Hall–Kier alpha value is -1.15. The van der Waals surface area contributed by atoms with Crippen LogP contribution in [0.3, 0.4) is 0 Å². The molecule has 0 aromatic rings. The number of amides is 1. The van der Waals surface area contributed by atoms with Crippen LogP contribution in [0.5, 0.6) is 0 Å². The van der Waals surface area contributed by atoms with Gasteiger partial charge in [0.15, 0.2) is 0 Å². The summed E-state index contributed by atoms with van der Waals surface area (Å²) in [5.41, 5.74) is 0. The van der Waals surface area contributed by atoms with Crippen LogP contribution in [0, 0.1) is 5.92 Å². The number of carbonyl (C=O) groups is 2. The lowest BCUT2D eigenvalue weighted by molar-refractivity contribution is -0.142. The number of carboxylic acid groups (broad SMARTS) is 1. The maximum Gasteiger partial charge on any atom is 0.326 e. The molecular weight excluding hydrogens is 308 g/mol. The summed E-state index contributed by atoms with van der Waals surface area (Å²) in [6.45, 7) is 4.88. The number of carboxylic acids is 1. The molecule has 0 aromatic heterocycles. The van der Waals surface area contributed by atoms with E-state index in [9.17, 15) is 18.0 Å². The van der Waals surface area contributed by atoms with Crippen LogP contribution in [0.4, 0.5) is 0 Å². The quantitative estimate of drug-likeness (QED) is 0.649. The van der Waals surface area contributed by atoms with Gasteiger partial charge < -0.3 is 10.4 Å². The van der Waals surface area contributed by atoms with E-state index in [1.54, 1.807) is 0 Å². The van der Waals surface area contributed by atoms with E-state index in [4.69, 9.17) is 5.11 Å². The topological polar surface area (TPSA) is 104 Å². The number of nitrogens with one attached hydrogen (secondary N) is 1. The van der Waals surface area contributed by atoms with Gasteiger partial charge in [-0.1, -0.05) is 13.8 Å². The second-order valence-electron chi connectivity index (χ2n) is 6.11. The van der Waals surface area contributed by atoms with Crippen LogP contribution in [0.2, 0.25) is 0 Å². The third-order valence-corrected chi connectivity index (χ3v) is 5.56. The molecule has 1 atom stereocenters. The molecule has 8 heteroatoms. The monoisotopic (exact) mass is 334 g/mol. The van der Waals surface area contributed by atoms with Crippen molar-refractivity contribution in [2.75, 3.05) is 18.8 Å². The molecule has 1 aliphatic heterocycles. The Kier molecular flexibility index (Phi) is 7.28. The summed E-state index contributed by atoms with van der Waals surface area (Å²) in [5, 5.41) is 11.5. The molecule has 0 spiro atoms. The summed E-state index contributed by atoms with van der Waals surface area (Å²) in [6.07, 6.45) is 2.35. The number of hydrogen-bond acceptors (Lipinski definition) is 4. The molecule has 7 nitrogen and oxygen atoms in total. The lowest BCUT2D eigenvalue weighted by Gasteiger charge is -2.17. The first-order chi connectivity index (χ1) is 10.2. The van der Waals surface area contributed by atoms with Gasteiger partial charge in [-0.05, 0) is 31.6 Å². The third kappa shape index (κ3) is 6.31. The largest absolute Gasteiger partial charge is 0.480 e. The number of carbonyl (C=O) groups excluding carboxylic acids is 1. The minimum atomic E-state index is -3.28. The van der Waals surface area contributed by atoms with E-state index in [-0.39, 0.29) is 24.5 Å². The molecule has 1 amide bonds. The first-order valence-corrected chi connectivity index (χ1v) is 9.33. The zero-order chi connectivity index (χ0) is 16.8. The minimum Gasteiger partial charge on any atom is -0.480 e. The molecule has 1 rings (SSSR count). The first kappa shape index (κ1) is 18.9. The maximum absolute atomic E-state index is 12.0. The summed E-state index contributed by atoms with van der Waals surface area (Å²) in [4.78, 5) is 22.8. The van der Waals surface area contributed by atoms with Crippen molar-refractivity contribution in [3.63, 3.8) is 0 Å². The van der Waals surface area contributed by atoms with Crippen LogP contribution in [-0.2, 0) is 19.6 Å². The molecule has 22 heavy (non-hydrogen) atoms. The number of nitrogens with zero attached hydrogens (tertiary/aromatic N) is 1. The fourth-order valence-electron chi connectivity index (χ4n) is 2.47. The summed E-state index contributed by atoms with van der Waals surface area (Å²) in [7, 11) is -3.28. The molecule has 1 unspecified atom stereocenters. The molecule has 1 heterocycles. The van der Waals surface area contributed by atoms with E-state index < -0.39 is 27.9 Å². The first-order valence-electron chi connectivity index (χ1n) is 7.72. The summed E-state index contributed by atoms with van der Waals surface area (Å²) >= 11 is 0. The van der Waals surface area contributed by atoms with E-state index in [1.165, 1.54) is 4.31 Å². The molecule has 1 saturated heterocycles. The molecule has 2 N–H and O–H groups in total. The number of sulfonamides is 1. The Morgan fingerprint density at radius 1 is 1.23 bits per heavy atom. The normalized spacial score (nSPS) is 17.6. The molecule has 0 bridgehead atoms. The lowest BCUT2D eigenvalue weighted by Crippen LogP contribution is -2.41. The molecule has 0 aromatic carbocycles. The summed E-state index contributed by atoms with van der Waals surface area (Å²) in [5.74, 6) is -1.39. The van der Waals surface area contributed by atoms with Crippen molar-refractivity contribution in [1.29, 1.82) is 0 Å². The SMILES string of the molecule is CC(C)CC(NC(=O)CCCS(=O)(=O)N1CCCC1)C(=O)O. The van der Waals surface area contributed by atoms with Gasteiger partial charge in [0.25, 0.3) is 0 Å². The molecule has 1 aliphatic rings. The fourth-order valence-corrected chi connectivity index (χ4v) is 4.05. The van der Waals surface area contributed by atoms with Gasteiger partial charge in [-0.2, -0.15) is 0 Å². The smallest absolute Gasteiger partial charge is 0.326 e. The highest BCUT2D eigenvalue weighted by molar-refractivity contribution is 7.89. The highest BCUT2D eigenvalue weighted by Crippen LogP contribution is 2.14. The van der Waals surface area contributed by atoms with E-state index >= 15 is 0 Å². The van der Waals surface area contributed by atoms with Gasteiger partial charge in [0.1, 0.15) is 6.04 Å². The van der Waals surface area contributed by atoms with Crippen molar-refractivity contribution < 1.29 is 23.1 Å². The Morgan fingerprint density at radius 2 is 1.82 bits per heavy atom. The van der Waals surface area contributed by atoms with Crippen molar-refractivity contribution in [1.82, 2.24) is 9.62 Å². The number of aliphatic carboxylic acids is 1. The number of rotatable bonds is 9. The molecule has 0 radical (unpaired) electrons. The Bertz CT molecular complexity index is 483. The van der Waals surface area contributed by atoms with Gasteiger partial charge in [-0.15, -0.1) is 0 Å². The predicted molar refractivity (Wildman–Crippen MR) is 82.8 cm³/mol. The number of hydrogen-bond donors (Lipinski definition) is 2. The van der Waals surface area contributed by atoms with E-state index in [1.807, 2.05) is 13.8 Å². The maximum atomic E-state index is 12.0. The molecule has 128 valence electrons. The van der Waals surface area contributed by atoms with Gasteiger partial charge in [0.05, 0.1) is 5.75 Å².